The van der Waals surface area contributed by atoms with Crippen LogP contribution in [0.25, 0.3) is 0 Å². The second-order valence-corrected chi connectivity index (χ2v) is 4.91. The summed E-state index contributed by atoms with van der Waals surface area (Å²) < 4.78 is 5.28. The van der Waals surface area contributed by atoms with Gasteiger partial charge >= 0.3 is 0 Å². The van der Waals surface area contributed by atoms with E-state index >= 15 is 0 Å². The van der Waals surface area contributed by atoms with Crippen LogP contribution in [0, 0.1) is 10.1 Å². The number of hydrogen-bond donors (Lipinski definition) is 1. The number of primary amides is 1. The Balaban J connectivity index is 2.21. The zero-order chi connectivity index (χ0) is 16.8. The van der Waals surface area contributed by atoms with Gasteiger partial charge in [-0.1, -0.05) is 11.6 Å². The molecule has 1 amide bonds. The highest BCUT2D eigenvalue weighted by Crippen LogP contribution is 2.23. The lowest BCUT2D eigenvalue weighted by atomic mass is 10.2. The number of benzene rings is 2. The van der Waals surface area contributed by atoms with E-state index in [-0.39, 0.29) is 12.3 Å². The molecule has 2 aromatic carbocycles. The fourth-order valence-corrected chi connectivity index (χ4v) is 1.89. The van der Waals surface area contributed by atoms with Crippen molar-refractivity contribution in [2.45, 2.75) is 0 Å². The molecule has 23 heavy (non-hydrogen) atoms. The average Bonchev–Trinajstić information content (AvgIpc) is 2.52. The Morgan fingerprint density at radius 3 is 2.61 bits per heavy atom. The molecule has 0 fully saturated rings. The topological polar surface area (TPSA) is 108 Å². The van der Waals surface area contributed by atoms with E-state index in [9.17, 15) is 14.9 Å². The molecule has 2 aromatic rings. The van der Waals surface area contributed by atoms with Gasteiger partial charge in [-0.2, -0.15) is 0 Å². The third-order valence-corrected chi connectivity index (χ3v) is 2.99. The average molecular weight is 334 g/mol. The molecule has 0 aromatic heterocycles. The van der Waals surface area contributed by atoms with Crippen LogP contribution in [0.2, 0.25) is 5.02 Å². The minimum absolute atomic E-state index is 0.0165. The van der Waals surface area contributed by atoms with Crippen LogP contribution in [0.3, 0.4) is 0 Å². The van der Waals surface area contributed by atoms with Crippen LogP contribution in [-0.2, 0) is 4.79 Å². The summed E-state index contributed by atoms with van der Waals surface area (Å²) in [7, 11) is 0. The van der Waals surface area contributed by atoms with E-state index in [1.807, 2.05) is 0 Å². The van der Waals surface area contributed by atoms with E-state index in [1.165, 1.54) is 30.5 Å². The number of nitrogens with two attached hydrogens (primary N) is 1. The number of halogens is 1. The number of nitro groups is 1. The van der Waals surface area contributed by atoms with Crippen molar-refractivity contribution in [1.29, 1.82) is 0 Å². The van der Waals surface area contributed by atoms with Crippen molar-refractivity contribution in [2.75, 3.05) is 6.61 Å². The molecule has 0 spiro atoms. The maximum atomic E-state index is 10.8. The molecular weight excluding hydrogens is 322 g/mol. The molecule has 8 heteroatoms. The summed E-state index contributed by atoms with van der Waals surface area (Å²) in [4.78, 5) is 25.1. The van der Waals surface area contributed by atoms with Crippen LogP contribution in [0.1, 0.15) is 5.56 Å². The summed E-state index contributed by atoms with van der Waals surface area (Å²) >= 11 is 5.93. The Hall–Kier alpha value is -2.93. The molecule has 7 nitrogen and oxygen atoms in total. The van der Waals surface area contributed by atoms with E-state index in [0.29, 0.717) is 22.0 Å². The SMILES string of the molecule is NC(=O)COc1ccc(Cl)cc1C=Nc1ccc([N+](=O)[O-])cc1. The summed E-state index contributed by atoms with van der Waals surface area (Å²) in [5.74, 6) is -0.197. The van der Waals surface area contributed by atoms with Gasteiger partial charge in [-0.3, -0.25) is 19.9 Å². The highest BCUT2D eigenvalue weighted by Gasteiger charge is 2.06. The molecule has 0 unspecified atom stereocenters. The van der Waals surface area contributed by atoms with Gasteiger partial charge in [-0.05, 0) is 30.3 Å². The molecule has 0 aliphatic carbocycles. The molecule has 0 radical (unpaired) electrons. The molecule has 2 rings (SSSR count). The second kappa shape index (κ2) is 7.37. The van der Waals surface area contributed by atoms with Crippen molar-refractivity contribution in [3.63, 3.8) is 0 Å². The van der Waals surface area contributed by atoms with Crippen molar-refractivity contribution in [1.82, 2.24) is 0 Å². The molecule has 0 atom stereocenters. The maximum Gasteiger partial charge on any atom is 0.269 e. The van der Waals surface area contributed by atoms with Crippen LogP contribution in [-0.4, -0.2) is 23.7 Å². The van der Waals surface area contributed by atoms with Crippen LogP contribution >= 0.6 is 11.6 Å². The van der Waals surface area contributed by atoms with Crippen molar-refractivity contribution in [3.05, 3.63) is 63.2 Å². The van der Waals surface area contributed by atoms with Gasteiger partial charge in [0.15, 0.2) is 6.61 Å². The highest BCUT2D eigenvalue weighted by atomic mass is 35.5. The van der Waals surface area contributed by atoms with Crippen molar-refractivity contribution in [3.8, 4) is 5.75 Å². The van der Waals surface area contributed by atoms with Gasteiger partial charge in [0.25, 0.3) is 11.6 Å². The summed E-state index contributed by atoms with van der Waals surface area (Å²) in [6.07, 6.45) is 1.49. The normalized spacial score (nSPS) is 10.7. The quantitative estimate of drug-likeness (QED) is 0.498. The summed E-state index contributed by atoms with van der Waals surface area (Å²) in [6.45, 7) is -0.264. The summed E-state index contributed by atoms with van der Waals surface area (Å²) in [5, 5.41) is 11.1. The van der Waals surface area contributed by atoms with Gasteiger partial charge in [0, 0.05) is 28.9 Å². The first-order chi connectivity index (χ1) is 11.0. The van der Waals surface area contributed by atoms with E-state index < -0.39 is 10.8 Å². The predicted molar refractivity (Wildman–Crippen MR) is 86.5 cm³/mol. The molecule has 118 valence electrons. The van der Waals surface area contributed by atoms with Crippen molar-refractivity contribution >= 4 is 35.1 Å². The Morgan fingerprint density at radius 1 is 1.30 bits per heavy atom. The van der Waals surface area contributed by atoms with E-state index in [4.69, 9.17) is 22.1 Å². The van der Waals surface area contributed by atoms with Gasteiger partial charge < -0.3 is 10.5 Å². The number of amides is 1. The Bertz CT molecular complexity index is 760. The number of non-ortho nitro benzene ring substituents is 1. The molecule has 0 bridgehead atoms. The first-order valence-corrected chi connectivity index (χ1v) is 6.82. The van der Waals surface area contributed by atoms with Gasteiger partial charge in [0.05, 0.1) is 10.6 Å². The molecule has 2 N–H and O–H groups in total. The number of rotatable bonds is 6. The molecule has 0 aliphatic rings. The van der Waals surface area contributed by atoms with Crippen LogP contribution in [0.15, 0.2) is 47.5 Å². The van der Waals surface area contributed by atoms with Crippen LogP contribution < -0.4 is 10.5 Å². The van der Waals surface area contributed by atoms with Gasteiger partial charge in [0.2, 0.25) is 0 Å². The van der Waals surface area contributed by atoms with E-state index in [1.54, 1.807) is 18.2 Å². The lowest BCUT2D eigenvalue weighted by Crippen LogP contribution is -2.20. The number of aliphatic imine (C=N–C) groups is 1. The van der Waals surface area contributed by atoms with E-state index in [0.717, 1.165) is 0 Å². The number of carbonyl (C=O) groups is 1. The van der Waals surface area contributed by atoms with Gasteiger partial charge in [-0.15, -0.1) is 0 Å². The predicted octanol–water partition coefficient (Wildman–Crippen LogP) is 2.86. The Labute approximate surface area is 136 Å². The van der Waals surface area contributed by atoms with Crippen molar-refractivity contribution < 1.29 is 14.5 Å². The van der Waals surface area contributed by atoms with E-state index in [2.05, 4.69) is 4.99 Å². The van der Waals surface area contributed by atoms with Crippen molar-refractivity contribution in [2.24, 2.45) is 10.7 Å². The largest absolute Gasteiger partial charge is 0.483 e. The third-order valence-electron chi connectivity index (χ3n) is 2.75. The zero-order valence-corrected chi connectivity index (χ0v) is 12.6. The monoisotopic (exact) mass is 333 g/mol. The summed E-state index contributed by atoms with van der Waals surface area (Å²) in [6, 6.07) is 10.6. The Morgan fingerprint density at radius 2 is 2.00 bits per heavy atom. The summed E-state index contributed by atoms with van der Waals surface area (Å²) in [5.41, 5.74) is 6.11. The fraction of sp³-hybridized carbons (Fsp3) is 0.0667. The molecule has 0 heterocycles. The Kier molecular flexibility index (Phi) is 5.27. The molecule has 0 aliphatic heterocycles. The number of carbonyl (C=O) groups excluding carboxylic acids is 1. The van der Waals surface area contributed by atoms with Gasteiger partial charge in [0.1, 0.15) is 5.75 Å². The highest BCUT2D eigenvalue weighted by molar-refractivity contribution is 6.30. The maximum absolute atomic E-state index is 10.8. The molecule has 0 saturated heterocycles. The lowest BCUT2D eigenvalue weighted by Gasteiger charge is -2.07. The second-order valence-electron chi connectivity index (χ2n) is 4.47. The first kappa shape index (κ1) is 16.4. The van der Waals surface area contributed by atoms with Crippen LogP contribution in [0.5, 0.6) is 5.75 Å². The number of nitrogens with zero attached hydrogens (tertiary/aromatic N) is 2. The van der Waals surface area contributed by atoms with Crippen LogP contribution in [0.4, 0.5) is 11.4 Å². The number of ether oxygens (including phenoxy) is 1. The number of hydrogen-bond acceptors (Lipinski definition) is 5. The van der Waals surface area contributed by atoms with Gasteiger partial charge in [-0.25, -0.2) is 0 Å². The first-order valence-electron chi connectivity index (χ1n) is 6.45. The minimum atomic E-state index is -0.599. The third kappa shape index (κ3) is 4.79. The lowest BCUT2D eigenvalue weighted by molar-refractivity contribution is -0.384. The minimum Gasteiger partial charge on any atom is -0.483 e. The number of nitro benzene ring substituents is 1. The zero-order valence-electron chi connectivity index (χ0n) is 11.8. The standard InChI is InChI=1S/C15H12ClN3O4/c16-11-1-6-14(23-9-15(17)20)10(7-11)8-18-12-2-4-13(5-3-12)19(21)22/h1-8H,9H2,(H2,17,20). The molecular formula is C15H12ClN3O4. The smallest absolute Gasteiger partial charge is 0.269 e. The molecule has 0 saturated carbocycles. The fourth-order valence-electron chi connectivity index (χ4n) is 1.71.